The van der Waals surface area contributed by atoms with Gasteiger partial charge in [-0.2, -0.15) is 5.10 Å². The summed E-state index contributed by atoms with van der Waals surface area (Å²) in [5, 5.41) is 7.07. The molecular formula is C13H17N3. The molecule has 0 amide bonds. The summed E-state index contributed by atoms with van der Waals surface area (Å²) in [6.45, 7) is 2.10. The van der Waals surface area contributed by atoms with Gasteiger partial charge in [0, 0.05) is 11.3 Å². The molecule has 2 aromatic rings. The number of aromatic amines is 1. The molecule has 2 rings (SSSR count). The lowest BCUT2D eigenvalue weighted by molar-refractivity contribution is 0.878. The number of nitrogens with two attached hydrogens (primary N) is 1. The van der Waals surface area contributed by atoms with E-state index in [2.05, 4.69) is 41.4 Å². The van der Waals surface area contributed by atoms with E-state index >= 15 is 0 Å². The van der Waals surface area contributed by atoms with Crippen molar-refractivity contribution in [1.82, 2.24) is 10.2 Å². The SMILES string of the molecule is CCc1c(N)n[nH]c1CCc1ccccc1. The van der Waals surface area contributed by atoms with Crippen LogP contribution in [0.5, 0.6) is 0 Å². The minimum absolute atomic E-state index is 0.644. The van der Waals surface area contributed by atoms with E-state index in [1.54, 1.807) is 0 Å². The Kier molecular flexibility index (Phi) is 3.25. The monoisotopic (exact) mass is 215 g/mol. The third-order valence-electron chi connectivity index (χ3n) is 2.84. The Bertz CT molecular complexity index is 445. The maximum atomic E-state index is 5.78. The number of nitrogens with one attached hydrogen (secondary N) is 1. The molecule has 3 N–H and O–H groups in total. The normalized spacial score (nSPS) is 10.6. The van der Waals surface area contributed by atoms with Crippen LogP contribution in [0.1, 0.15) is 23.7 Å². The van der Waals surface area contributed by atoms with Crippen LogP contribution in [-0.4, -0.2) is 10.2 Å². The molecule has 0 saturated carbocycles. The van der Waals surface area contributed by atoms with Gasteiger partial charge in [0.25, 0.3) is 0 Å². The van der Waals surface area contributed by atoms with Crippen LogP contribution < -0.4 is 5.73 Å². The van der Waals surface area contributed by atoms with E-state index in [4.69, 9.17) is 5.73 Å². The molecule has 0 aliphatic rings. The Hall–Kier alpha value is -1.77. The molecule has 0 aliphatic heterocycles. The zero-order valence-corrected chi connectivity index (χ0v) is 9.53. The van der Waals surface area contributed by atoms with Crippen LogP contribution in [0.2, 0.25) is 0 Å². The molecule has 0 fully saturated rings. The standard InChI is InChI=1S/C13H17N3/c1-2-11-12(15-16-13(11)14)9-8-10-6-4-3-5-7-10/h3-7H,2,8-9H2,1H3,(H3,14,15,16). The van der Waals surface area contributed by atoms with Gasteiger partial charge < -0.3 is 5.73 Å². The third kappa shape index (κ3) is 2.24. The number of hydrogen-bond acceptors (Lipinski definition) is 2. The predicted octanol–water partition coefficient (Wildman–Crippen LogP) is 2.34. The van der Waals surface area contributed by atoms with E-state index in [0.717, 1.165) is 24.8 Å². The molecule has 1 heterocycles. The maximum Gasteiger partial charge on any atom is 0.148 e. The van der Waals surface area contributed by atoms with Crippen LogP contribution in [0.15, 0.2) is 30.3 Å². The predicted molar refractivity (Wildman–Crippen MR) is 66.2 cm³/mol. The van der Waals surface area contributed by atoms with E-state index in [1.807, 2.05) is 6.07 Å². The van der Waals surface area contributed by atoms with E-state index in [9.17, 15) is 0 Å². The Morgan fingerprint density at radius 2 is 1.94 bits per heavy atom. The largest absolute Gasteiger partial charge is 0.382 e. The zero-order chi connectivity index (χ0) is 11.4. The Labute approximate surface area is 95.7 Å². The Morgan fingerprint density at radius 3 is 2.62 bits per heavy atom. The first-order chi connectivity index (χ1) is 7.81. The van der Waals surface area contributed by atoms with Crippen molar-refractivity contribution in [3.05, 3.63) is 47.2 Å². The molecule has 3 nitrogen and oxygen atoms in total. The van der Waals surface area contributed by atoms with Crippen molar-refractivity contribution in [3.8, 4) is 0 Å². The van der Waals surface area contributed by atoms with Crippen molar-refractivity contribution in [3.63, 3.8) is 0 Å². The third-order valence-corrected chi connectivity index (χ3v) is 2.84. The number of hydrogen-bond donors (Lipinski definition) is 2. The van der Waals surface area contributed by atoms with Crippen molar-refractivity contribution in [2.75, 3.05) is 5.73 Å². The second kappa shape index (κ2) is 4.84. The van der Waals surface area contributed by atoms with Crippen molar-refractivity contribution in [2.24, 2.45) is 0 Å². The molecule has 3 heteroatoms. The average molecular weight is 215 g/mol. The molecule has 0 spiro atoms. The molecule has 16 heavy (non-hydrogen) atoms. The number of nitrogens with zero attached hydrogens (tertiary/aromatic N) is 1. The molecule has 0 atom stereocenters. The number of aromatic nitrogens is 2. The van der Waals surface area contributed by atoms with E-state index < -0.39 is 0 Å². The highest BCUT2D eigenvalue weighted by molar-refractivity contribution is 5.42. The quantitative estimate of drug-likeness (QED) is 0.822. The summed E-state index contributed by atoms with van der Waals surface area (Å²) in [7, 11) is 0. The number of aryl methyl sites for hydroxylation is 2. The summed E-state index contributed by atoms with van der Waals surface area (Å²) in [5.74, 6) is 0.644. The number of H-pyrrole nitrogens is 1. The van der Waals surface area contributed by atoms with Crippen LogP contribution in [-0.2, 0) is 19.3 Å². The van der Waals surface area contributed by atoms with Crippen LogP contribution in [0.3, 0.4) is 0 Å². The van der Waals surface area contributed by atoms with Crippen LogP contribution >= 0.6 is 0 Å². The van der Waals surface area contributed by atoms with Gasteiger partial charge in [-0.3, -0.25) is 5.10 Å². The second-order valence-corrected chi connectivity index (χ2v) is 3.91. The van der Waals surface area contributed by atoms with Crippen molar-refractivity contribution in [2.45, 2.75) is 26.2 Å². The fraction of sp³-hybridized carbons (Fsp3) is 0.308. The summed E-state index contributed by atoms with van der Waals surface area (Å²) < 4.78 is 0. The number of benzene rings is 1. The lowest BCUT2D eigenvalue weighted by Gasteiger charge is -2.02. The Balaban J connectivity index is 2.05. The van der Waals surface area contributed by atoms with Gasteiger partial charge in [-0.1, -0.05) is 37.3 Å². The minimum atomic E-state index is 0.644. The van der Waals surface area contributed by atoms with Crippen LogP contribution in [0.25, 0.3) is 0 Å². The fourth-order valence-electron chi connectivity index (χ4n) is 1.93. The van der Waals surface area contributed by atoms with Gasteiger partial charge in [-0.25, -0.2) is 0 Å². The first-order valence-electron chi connectivity index (χ1n) is 5.66. The highest BCUT2D eigenvalue weighted by Gasteiger charge is 2.08. The van der Waals surface area contributed by atoms with Gasteiger partial charge in [0.1, 0.15) is 5.82 Å². The number of rotatable bonds is 4. The van der Waals surface area contributed by atoms with Gasteiger partial charge in [0.05, 0.1) is 0 Å². The summed E-state index contributed by atoms with van der Waals surface area (Å²) in [5.41, 5.74) is 9.46. The smallest absolute Gasteiger partial charge is 0.148 e. The van der Waals surface area contributed by atoms with Crippen molar-refractivity contribution >= 4 is 5.82 Å². The average Bonchev–Trinajstić information content (AvgIpc) is 2.68. The lowest BCUT2D eigenvalue weighted by Crippen LogP contribution is -1.96. The number of nitrogen functional groups attached to an aromatic ring is 1. The summed E-state index contributed by atoms with van der Waals surface area (Å²) in [4.78, 5) is 0. The molecule has 1 aromatic heterocycles. The number of anilines is 1. The molecule has 1 aromatic carbocycles. The van der Waals surface area contributed by atoms with Crippen LogP contribution in [0.4, 0.5) is 5.82 Å². The van der Waals surface area contributed by atoms with Gasteiger partial charge in [-0.05, 0) is 24.8 Å². The van der Waals surface area contributed by atoms with Crippen molar-refractivity contribution < 1.29 is 0 Å². The Morgan fingerprint density at radius 1 is 1.19 bits per heavy atom. The maximum absolute atomic E-state index is 5.78. The first kappa shape index (κ1) is 10.7. The topological polar surface area (TPSA) is 54.7 Å². The molecule has 0 bridgehead atoms. The molecule has 0 radical (unpaired) electrons. The molecule has 0 aliphatic carbocycles. The minimum Gasteiger partial charge on any atom is -0.382 e. The highest BCUT2D eigenvalue weighted by Crippen LogP contribution is 2.16. The van der Waals surface area contributed by atoms with Crippen molar-refractivity contribution in [1.29, 1.82) is 0 Å². The fourth-order valence-corrected chi connectivity index (χ4v) is 1.93. The lowest BCUT2D eigenvalue weighted by atomic mass is 10.0. The van der Waals surface area contributed by atoms with E-state index in [0.29, 0.717) is 5.82 Å². The van der Waals surface area contributed by atoms with Gasteiger partial charge in [0.15, 0.2) is 0 Å². The molecule has 0 saturated heterocycles. The highest BCUT2D eigenvalue weighted by atomic mass is 15.2. The van der Waals surface area contributed by atoms with Crippen LogP contribution in [0, 0.1) is 0 Å². The molecule has 0 unspecified atom stereocenters. The van der Waals surface area contributed by atoms with Gasteiger partial charge in [0.2, 0.25) is 0 Å². The van der Waals surface area contributed by atoms with E-state index in [1.165, 1.54) is 11.3 Å². The molecular weight excluding hydrogens is 198 g/mol. The second-order valence-electron chi connectivity index (χ2n) is 3.91. The summed E-state index contributed by atoms with van der Waals surface area (Å²) in [6, 6.07) is 10.5. The molecule has 84 valence electrons. The van der Waals surface area contributed by atoms with Gasteiger partial charge in [-0.15, -0.1) is 0 Å². The summed E-state index contributed by atoms with van der Waals surface area (Å²) in [6.07, 6.45) is 2.93. The summed E-state index contributed by atoms with van der Waals surface area (Å²) >= 11 is 0. The van der Waals surface area contributed by atoms with Gasteiger partial charge >= 0.3 is 0 Å². The van der Waals surface area contributed by atoms with E-state index in [-0.39, 0.29) is 0 Å². The first-order valence-corrected chi connectivity index (χ1v) is 5.66. The zero-order valence-electron chi connectivity index (χ0n) is 9.53.